The van der Waals surface area contributed by atoms with Crippen LogP contribution in [0.1, 0.15) is 168 Å². The van der Waals surface area contributed by atoms with E-state index in [0.29, 0.717) is 23.9 Å². The smallest absolute Gasteiger partial charge is 0.333 e. The van der Waals surface area contributed by atoms with Gasteiger partial charge in [-0.1, -0.05) is 127 Å². The van der Waals surface area contributed by atoms with Crippen molar-refractivity contribution in [2.75, 3.05) is 47.1 Å². The molecule has 8 nitrogen and oxygen atoms in total. The van der Waals surface area contributed by atoms with Crippen molar-refractivity contribution in [3.05, 3.63) is 48.6 Å². The Balaban J connectivity index is 4.40. The summed E-state index contributed by atoms with van der Waals surface area (Å²) < 4.78 is 29.6. The van der Waals surface area contributed by atoms with Gasteiger partial charge in [-0.05, 0) is 77.0 Å². The van der Waals surface area contributed by atoms with E-state index in [1.165, 1.54) is 51.4 Å². The minimum atomic E-state index is -3.90. The van der Waals surface area contributed by atoms with Crippen molar-refractivity contribution in [3.8, 4) is 0 Å². The summed E-state index contributed by atoms with van der Waals surface area (Å²) in [7, 11) is 1.91. The first kappa shape index (κ1) is 51.0. The van der Waals surface area contributed by atoms with E-state index in [0.717, 1.165) is 83.5 Å². The van der Waals surface area contributed by atoms with Crippen molar-refractivity contribution >= 4 is 19.5 Å². The zero-order valence-electron chi connectivity index (χ0n) is 34.8. The molecule has 53 heavy (non-hydrogen) atoms. The summed E-state index contributed by atoms with van der Waals surface area (Å²) in [6.07, 6.45) is 41.9. The maximum atomic E-state index is 12.7. The van der Waals surface area contributed by atoms with Crippen LogP contribution in [0.2, 0.25) is 0 Å². The minimum Gasteiger partial charge on any atom is -0.462 e. The Morgan fingerprint density at radius 1 is 0.585 bits per heavy atom. The van der Waals surface area contributed by atoms with Gasteiger partial charge in [0.05, 0.1) is 40.5 Å². The first-order chi connectivity index (χ1) is 25.5. The molecule has 0 aliphatic carbocycles. The highest BCUT2D eigenvalue weighted by molar-refractivity contribution is 7.52. The lowest BCUT2D eigenvalue weighted by atomic mass is 10.1. The minimum absolute atomic E-state index is 0.0181. The topological polar surface area (TPSA) is 99.1 Å². The Morgan fingerprint density at radius 3 is 1.45 bits per heavy atom. The fourth-order valence-electron chi connectivity index (χ4n) is 5.47. The van der Waals surface area contributed by atoms with E-state index >= 15 is 0 Å². The molecule has 1 N–H and O–H groups in total. The molecule has 0 saturated heterocycles. The van der Waals surface area contributed by atoms with Crippen LogP contribution in [0.5, 0.6) is 0 Å². The number of allylic oxidation sites excluding steroid dienone is 8. The molecule has 0 rings (SSSR count). The standard InChI is InChI=1S/C44H80NO7P/c1-6-8-10-12-14-16-18-20-22-24-26-28-30-32-34-36-43(46)50-40-42(41-51-53(48,49)39-38-45(3,4)5)52-44(47)37-35-33-31-29-27-25-23-21-19-17-15-13-11-9-7-2/h14-17,20-23,42H,6-13,18-19,24-41H2,1-5H3/p+1. The third-order valence-electron chi connectivity index (χ3n) is 8.91. The van der Waals surface area contributed by atoms with Crippen molar-refractivity contribution in [3.63, 3.8) is 0 Å². The quantitative estimate of drug-likeness (QED) is 0.0221. The first-order valence-corrected chi connectivity index (χ1v) is 23.0. The van der Waals surface area contributed by atoms with Gasteiger partial charge in [0.1, 0.15) is 6.61 Å². The van der Waals surface area contributed by atoms with Crippen LogP contribution in [0.15, 0.2) is 48.6 Å². The molecule has 308 valence electrons. The van der Waals surface area contributed by atoms with Crippen LogP contribution in [0, 0.1) is 0 Å². The molecule has 0 aromatic carbocycles. The van der Waals surface area contributed by atoms with Gasteiger partial charge in [-0.3, -0.25) is 14.2 Å². The number of hydrogen-bond donors (Lipinski definition) is 1. The van der Waals surface area contributed by atoms with Crippen LogP contribution in [0.25, 0.3) is 0 Å². The number of nitrogens with zero attached hydrogens (tertiary/aromatic N) is 1. The molecule has 0 aliphatic heterocycles. The SMILES string of the molecule is CCCCCC=CCC=CCCCCCCCC(=O)OCC(COP(=O)(O)CC[N+](C)(C)C)OC(=O)CCCCCCCC=CCC=CCCCCC. The average molecular weight is 767 g/mol. The summed E-state index contributed by atoms with van der Waals surface area (Å²) in [5, 5.41) is 0. The summed E-state index contributed by atoms with van der Waals surface area (Å²) in [5.74, 6) is -0.768. The second kappa shape index (κ2) is 35.7. The van der Waals surface area contributed by atoms with Crippen LogP contribution >= 0.6 is 7.60 Å². The third kappa shape index (κ3) is 39.5. The Bertz CT molecular complexity index is 1050. The maximum Gasteiger partial charge on any atom is 0.333 e. The van der Waals surface area contributed by atoms with Crippen LogP contribution < -0.4 is 0 Å². The lowest BCUT2D eigenvalue weighted by molar-refractivity contribution is -0.867. The fourth-order valence-corrected chi connectivity index (χ4v) is 6.85. The normalized spacial score (nSPS) is 14.2. The molecule has 0 bridgehead atoms. The molecular formula is C44H81NO7P+. The lowest BCUT2D eigenvalue weighted by Crippen LogP contribution is -2.37. The highest BCUT2D eigenvalue weighted by Crippen LogP contribution is 2.42. The fraction of sp³-hybridized carbons (Fsp3) is 0.773. The van der Waals surface area contributed by atoms with E-state index in [4.69, 9.17) is 14.0 Å². The van der Waals surface area contributed by atoms with Gasteiger partial charge in [-0.15, -0.1) is 0 Å². The van der Waals surface area contributed by atoms with Crippen LogP contribution in [0.4, 0.5) is 0 Å². The van der Waals surface area contributed by atoms with E-state index in [9.17, 15) is 19.0 Å². The molecule has 9 heteroatoms. The Morgan fingerprint density at radius 2 is 1.00 bits per heavy atom. The molecule has 0 fully saturated rings. The van der Waals surface area contributed by atoms with Crippen LogP contribution in [-0.4, -0.2) is 74.5 Å². The highest BCUT2D eigenvalue weighted by atomic mass is 31.2. The van der Waals surface area contributed by atoms with E-state index < -0.39 is 19.7 Å². The predicted molar refractivity (Wildman–Crippen MR) is 223 cm³/mol. The second-order valence-electron chi connectivity index (χ2n) is 15.4. The molecule has 0 amide bonds. The number of carbonyl (C=O) groups is 2. The molecule has 0 aromatic rings. The zero-order chi connectivity index (χ0) is 39.3. The first-order valence-electron chi connectivity index (χ1n) is 21.2. The molecule has 0 saturated carbocycles. The molecule has 0 aliphatic rings. The average Bonchev–Trinajstić information content (AvgIpc) is 3.11. The number of carbonyl (C=O) groups excluding carboxylic acids is 2. The summed E-state index contributed by atoms with van der Waals surface area (Å²) in [4.78, 5) is 35.5. The molecule has 0 aromatic heterocycles. The van der Waals surface area contributed by atoms with Gasteiger partial charge < -0.3 is 23.4 Å². The Kier molecular flexibility index (Phi) is 34.4. The van der Waals surface area contributed by atoms with Gasteiger partial charge in [-0.2, -0.15) is 0 Å². The maximum absolute atomic E-state index is 12.7. The van der Waals surface area contributed by atoms with Crippen LogP contribution in [0.3, 0.4) is 0 Å². The molecule has 2 atom stereocenters. The highest BCUT2D eigenvalue weighted by Gasteiger charge is 2.27. The third-order valence-corrected chi connectivity index (χ3v) is 10.2. The van der Waals surface area contributed by atoms with Crippen molar-refractivity contribution in [2.45, 2.75) is 174 Å². The number of ether oxygens (including phenoxy) is 2. The zero-order valence-corrected chi connectivity index (χ0v) is 35.7. The van der Waals surface area contributed by atoms with E-state index in [-0.39, 0.29) is 31.8 Å². The van der Waals surface area contributed by atoms with Gasteiger partial charge >= 0.3 is 19.5 Å². The van der Waals surface area contributed by atoms with Gasteiger partial charge in [0, 0.05) is 12.8 Å². The van der Waals surface area contributed by atoms with Crippen molar-refractivity contribution in [1.29, 1.82) is 0 Å². The van der Waals surface area contributed by atoms with Gasteiger partial charge in [0.2, 0.25) is 0 Å². The monoisotopic (exact) mass is 767 g/mol. The number of unbranched alkanes of at least 4 members (excludes halogenated alkanes) is 16. The Hall–Kier alpha value is -1.99. The number of hydrogen-bond acceptors (Lipinski definition) is 6. The van der Waals surface area contributed by atoms with Crippen molar-refractivity contribution in [1.82, 2.24) is 0 Å². The molecule has 0 spiro atoms. The van der Waals surface area contributed by atoms with Gasteiger partial charge in [-0.25, -0.2) is 0 Å². The predicted octanol–water partition coefficient (Wildman–Crippen LogP) is 12.0. The largest absolute Gasteiger partial charge is 0.462 e. The lowest BCUT2D eigenvalue weighted by Gasteiger charge is -2.25. The van der Waals surface area contributed by atoms with E-state index in [2.05, 4.69) is 62.5 Å². The summed E-state index contributed by atoms with van der Waals surface area (Å²) >= 11 is 0. The Labute approximate surface area is 326 Å². The molecular weight excluding hydrogens is 685 g/mol. The number of rotatable bonds is 37. The molecule has 0 radical (unpaired) electrons. The molecule has 2 unspecified atom stereocenters. The van der Waals surface area contributed by atoms with Gasteiger partial charge in [0.25, 0.3) is 0 Å². The van der Waals surface area contributed by atoms with Crippen LogP contribution in [-0.2, 0) is 28.2 Å². The van der Waals surface area contributed by atoms with Crippen molar-refractivity contribution < 1.29 is 37.5 Å². The number of quaternary nitrogens is 1. The van der Waals surface area contributed by atoms with E-state index in [1.54, 1.807) is 0 Å². The molecule has 0 heterocycles. The summed E-state index contributed by atoms with van der Waals surface area (Å²) in [6.45, 7) is 4.42. The van der Waals surface area contributed by atoms with Gasteiger partial charge in [0.15, 0.2) is 6.10 Å². The summed E-state index contributed by atoms with van der Waals surface area (Å²) in [6, 6.07) is 0. The van der Waals surface area contributed by atoms with Crippen molar-refractivity contribution in [2.24, 2.45) is 0 Å². The second-order valence-corrected chi connectivity index (χ2v) is 17.4. The van der Waals surface area contributed by atoms with E-state index in [1.807, 2.05) is 21.1 Å². The number of esters is 2. The summed E-state index contributed by atoms with van der Waals surface area (Å²) in [5.41, 5.74) is 0.